The van der Waals surface area contributed by atoms with Crippen LogP contribution in [0.4, 0.5) is 0 Å². The summed E-state index contributed by atoms with van der Waals surface area (Å²) in [6.07, 6.45) is 4.19. The molecule has 0 aliphatic carbocycles. The van der Waals surface area contributed by atoms with E-state index in [4.69, 9.17) is 5.26 Å². The Labute approximate surface area is 120 Å². The maximum atomic E-state index is 12.1. The van der Waals surface area contributed by atoms with Crippen LogP contribution in [0.1, 0.15) is 33.6 Å². The number of nitrogens with zero attached hydrogens (tertiary/aromatic N) is 3. The topological polar surface area (TPSA) is 64.4 Å². The van der Waals surface area contributed by atoms with E-state index in [2.05, 4.69) is 0 Å². The third kappa shape index (κ3) is 5.43. The first-order chi connectivity index (χ1) is 9.33. The first-order valence-corrected chi connectivity index (χ1v) is 6.96. The first-order valence-electron chi connectivity index (χ1n) is 6.96. The molecule has 0 radical (unpaired) electrons. The maximum absolute atomic E-state index is 12.1. The van der Waals surface area contributed by atoms with Crippen LogP contribution in [-0.2, 0) is 9.59 Å². The number of rotatable bonds is 2. The molecule has 1 aliphatic heterocycles. The minimum absolute atomic E-state index is 0.00509. The summed E-state index contributed by atoms with van der Waals surface area (Å²) >= 11 is 0. The van der Waals surface area contributed by atoms with Gasteiger partial charge in [-0.05, 0) is 17.9 Å². The van der Waals surface area contributed by atoms with Crippen molar-refractivity contribution in [2.75, 3.05) is 26.2 Å². The molecule has 110 valence electrons. The van der Waals surface area contributed by atoms with E-state index in [1.165, 1.54) is 0 Å². The number of carbonyl (C=O) groups excluding carboxylic acids is 2. The Morgan fingerprint density at radius 2 is 1.75 bits per heavy atom. The van der Waals surface area contributed by atoms with Gasteiger partial charge in [0, 0.05) is 26.2 Å². The third-order valence-electron chi connectivity index (χ3n) is 3.12. The average molecular weight is 277 g/mol. The van der Waals surface area contributed by atoms with Gasteiger partial charge >= 0.3 is 0 Å². The van der Waals surface area contributed by atoms with Crippen molar-refractivity contribution in [3.05, 3.63) is 12.2 Å². The van der Waals surface area contributed by atoms with Gasteiger partial charge in [-0.25, -0.2) is 0 Å². The van der Waals surface area contributed by atoms with Crippen LogP contribution in [0.15, 0.2) is 12.2 Å². The van der Waals surface area contributed by atoms with Gasteiger partial charge in [-0.3, -0.25) is 9.59 Å². The van der Waals surface area contributed by atoms with Gasteiger partial charge in [0.15, 0.2) is 0 Å². The molecule has 5 nitrogen and oxygen atoms in total. The predicted octanol–water partition coefficient (Wildman–Crippen LogP) is 1.56. The summed E-state index contributed by atoms with van der Waals surface area (Å²) in [4.78, 5) is 27.2. The summed E-state index contributed by atoms with van der Waals surface area (Å²) in [5.41, 5.74) is -0.0176. The Morgan fingerprint density at radius 1 is 1.15 bits per heavy atom. The maximum Gasteiger partial charge on any atom is 0.246 e. The largest absolute Gasteiger partial charge is 0.340 e. The highest BCUT2D eigenvalue weighted by atomic mass is 16.2. The standard InChI is InChI=1S/C15H23N3O2/c1-15(2,3)7-5-13(19)17-9-4-10-18(12-11-17)14(20)6-8-16/h5,7H,4,6,9-12H2,1-3H3/b7-5+. The Morgan fingerprint density at radius 3 is 2.35 bits per heavy atom. The molecular weight excluding hydrogens is 254 g/mol. The van der Waals surface area contributed by atoms with Gasteiger partial charge in [0.25, 0.3) is 0 Å². The van der Waals surface area contributed by atoms with Crippen LogP contribution in [0.25, 0.3) is 0 Å². The monoisotopic (exact) mass is 277 g/mol. The fourth-order valence-electron chi connectivity index (χ4n) is 1.99. The zero-order valence-corrected chi connectivity index (χ0v) is 12.6. The molecule has 0 atom stereocenters. The van der Waals surface area contributed by atoms with E-state index in [0.717, 1.165) is 6.42 Å². The number of amides is 2. The zero-order chi connectivity index (χ0) is 15.2. The van der Waals surface area contributed by atoms with Gasteiger partial charge < -0.3 is 9.80 Å². The van der Waals surface area contributed by atoms with Crippen molar-refractivity contribution < 1.29 is 9.59 Å². The highest BCUT2D eigenvalue weighted by Crippen LogP contribution is 2.15. The molecule has 0 N–H and O–H groups in total. The number of allylic oxidation sites excluding steroid dienone is 1. The second-order valence-corrected chi connectivity index (χ2v) is 6.09. The van der Waals surface area contributed by atoms with Gasteiger partial charge in [-0.1, -0.05) is 26.8 Å². The highest BCUT2D eigenvalue weighted by Gasteiger charge is 2.20. The number of hydrogen-bond acceptors (Lipinski definition) is 3. The molecule has 2 amide bonds. The second-order valence-electron chi connectivity index (χ2n) is 6.09. The Bertz CT molecular complexity index is 429. The van der Waals surface area contributed by atoms with Crippen molar-refractivity contribution in [3.8, 4) is 6.07 Å². The zero-order valence-electron chi connectivity index (χ0n) is 12.6. The van der Waals surface area contributed by atoms with E-state index in [1.54, 1.807) is 15.9 Å². The van der Waals surface area contributed by atoms with E-state index in [1.807, 2.05) is 32.9 Å². The van der Waals surface area contributed by atoms with Gasteiger partial charge in [-0.15, -0.1) is 0 Å². The van der Waals surface area contributed by atoms with E-state index in [-0.39, 0.29) is 23.7 Å². The van der Waals surface area contributed by atoms with Gasteiger partial charge in [0.05, 0.1) is 6.07 Å². The Kier molecular flexibility index (Phi) is 5.75. The second kappa shape index (κ2) is 7.09. The molecule has 5 heteroatoms. The van der Waals surface area contributed by atoms with E-state index in [0.29, 0.717) is 26.2 Å². The average Bonchev–Trinajstić information content (AvgIpc) is 2.61. The molecular formula is C15H23N3O2. The smallest absolute Gasteiger partial charge is 0.246 e. The van der Waals surface area contributed by atoms with Crippen molar-refractivity contribution in [1.82, 2.24) is 9.80 Å². The van der Waals surface area contributed by atoms with Crippen LogP contribution in [0.3, 0.4) is 0 Å². The molecule has 0 aromatic rings. The minimum Gasteiger partial charge on any atom is -0.340 e. The lowest BCUT2D eigenvalue weighted by Crippen LogP contribution is -2.36. The van der Waals surface area contributed by atoms with E-state index >= 15 is 0 Å². The molecule has 1 rings (SSSR count). The molecule has 0 bridgehead atoms. The lowest BCUT2D eigenvalue weighted by molar-refractivity contribution is -0.131. The van der Waals surface area contributed by atoms with Crippen molar-refractivity contribution in [2.24, 2.45) is 5.41 Å². The normalized spacial score (nSPS) is 16.9. The quantitative estimate of drug-likeness (QED) is 0.720. The van der Waals surface area contributed by atoms with Crippen molar-refractivity contribution in [1.29, 1.82) is 5.26 Å². The summed E-state index contributed by atoms with van der Waals surface area (Å²) in [5, 5.41) is 8.55. The Hall–Kier alpha value is -1.83. The molecule has 20 heavy (non-hydrogen) atoms. The van der Waals surface area contributed by atoms with Crippen LogP contribution in [0.5, 0.6) is 0 Å². The third-order valence-corrected chi connectivity index (χ3v) is 3.12. The molecule has 0 unspecified atom stereocenters. The number of carbonyl (C=O) groups is 2. The van der Waals surface area contributed by atoms with Crippen molar-refractivity contribution >= 4 is 11.8 Å². The SMILES string of the molecule is CC(C)(C)/C=C/C(=O)N1CCCN(C(=O)CC#N)CC1. The molecule has 1 heterocycles. The number of nitriles is 1. The summed E-state index contributed by atoms with van der Waals surface area (Å²) in [6.45, 7) is 8.45. The predicted molar refractivity (Wildman–Crippen MR) is 76.6 cm³/mol. The van der Waals surface area contributed by atoms with Crippen LogP contribution in [0.2, 0.25) is 0 Å². The molecule has 0 saturated carbocycles. The summed E-state index contributed by atoms with van der Waals surface area (Å²) < 4.78 is 0. The van der Waals surface area contributed by atoms with Crippen LogP contribution >= 0.6 is 0 Å². The van der Waals surface area contributed by atoms with E-state index < -0.39 is 0 Å². The summed E-state index contributed by atoms with van der Waals surface area (Å²) in [6, 6.07) is 1.87. The highest BCUT2D eigenvalue weighted by molar-refractivity contribution is 5.87. The van der Waals surface area contributed by atoms with Crippen LogP contribution in [0, 0.1) is 16.7 Å². The van der Waals surface area contributed by atoms with Gasteiger partial charge in [-0.2, -0.15) is 5.26 Å². The molecule has 0 spiro atoms. The molecule has 0 aromatic heterocycles. The lowest BCUT2D eigenvalue weighted by atomic mass is 9.96. The van der Waals surface area contributed by atoms with E-state index in [9.17, 15) is 9.59 Å². The molecule has 1 aliphatic rings. The lowest BCUT2D eigenvalue weighted by Gasteiger charge is -2.21. The summed E-state index contributed by atoms with van der Waals surface area (Å²) in [5.74, 6) is -0.151. The van der Waals surface area contributed by atoms with Crippen molar-refractivity contribution in [3.63, 3.8) is 0 Å². The van der Waals surface area contributed by atoms with Crippen LogP contribution < -0.4 is 0 Å². The molecule has 1 fully saturated rings. The fraction of sp³-hybridized carbons (Fsp3) is 0.667. The first kappa shape index (κ1) is 16.2. The van der Waals surface area contributed by atoms with Gasteiger partial charge in [0.2, 0.25) is 11.8 Å². The molecule has 1 saturated heterocycles. The summed E-state index contributed by atoms with van der Waals surface area (Å²) in [7, 11) is 0. The van der Waals surface area contributed by atoms with Crippen molar-refractivity contribution in [2.45, 2.75) is 33.6 Å². The van der Waals surface area contributed by atoms with Crippen LogP contribution in [-0.4, -0.2) is 47.8 Å². The fourth-order valence-corrected chi connectivity index (χ4v) is 1.99. The minimum atomic E-state index is -0.146. The van der Waals surface area contributed by atoms with Gasteiger partial charge in [0.1, 0.15) is 6.42 Å². The number of hydrogen-bond donors (Lipinski definition) is 0. The Balaban J connectivity index is 2.56. The molecule has 0 aromatic carbocycles.